The number of aliphatic hydroxyl groups excluding tert-OH is 1. The molecule has 9 heteroatoms. The number of benzene rings is 2. The standard InChI is InChI=1S/C22H28O7S2/c1-15-3-5-20(30(24,25)26)17(11-15)13-22(9-7-19(23)8-10-22)14-18-12-16(2)4-6-21(18)31(27,28)29/h3-6,11-12,19,23H,7-10,13-14H2,1-2H3,(H,24,25,26)(H,27,28,29). The summed E-state index contributed by atoms with van der Waals surface area (Å²) in [6.45, 7) is 3.65. The average Bonchev–Trinajstić information content (AvgIpc) is 2.62. The Kier molecular flexibility index (Phi) is 6.65. The topological polar surface area (TPSA) is 129 Å². The van der Waals surface area contributed by atoms with Crippen LogP contribution in [-0.2, 0) is 33.1 Å². The third-order valence-electron chi connectivity index (χ3n) is 6.13. The zero-order valence-electron chi connectivity index (χ0n) is 17.6. The molecule has 0 aliphatic heterocycles. The van der Waals surface area contributed by atoms with Crippen molar-refractivity contribution >= 4 is 20.2 Å². The molecule has 0 unspecified atom stereocenters. The molecule has 3 N–H and O–H groups in total. The van der Waals surface area contributed by atoms with Gasteiger partial charge in [-0.15, -0.1) is 0 Å². The van der Waals surface area contributed by atoms with Gasteiger partial charge in [0.2, 0.25) is 0 Å². The molecule has 0 radical (unpaired) electrons. The van der Waals surface area contributed by atoms with Crippen molar-refractivity contribution < 1.29 is 31.0 Å². The highest BCUT2D eigenvalue weighted by Crippen LogP contribution is 2.44. The molecular weight excluding hydrogens is 440 g/mol. The lowest BCUT2D eigenvalue weighted by atomic mass is 9.66. The van der Waals surface area contributed by atoms with Gasteiger partial charge in [0.15, 0.2) is 0 Å². The summed E-state index contributed by atoms with van der Waals surface area (Å²) in [6.07, 6.45) is 2.20. The van der Waals surface area contributed by atoms with E-state index in [1.54, 1.807) is 24.3 Å². The summed E-state index contributed by atoms with van der Waals surface area (Å²) < 4.78 is 67.2. The molecule has 1 fully saturated rings. The Bertz CT molecular complexity index is 1090. The van der Waals surface area contributed by atoms with E-state index in [-0.39, 0.29) is 22.6 Å². The summed E-state index contributed by atoms with van der Waals surface area (Å²) in [5.74, 6) is 0. The van der Waals surface area contributed by atoms with E-state index in [0.29, 0.717) is 36.8 Å². The zero-order chi connectivity index (χ0) is 23.0. The minimum Gasteiger partial charge on any atom is -0.393 e. The highest BCUT2D eigenvalue weighted by atomic mass is 32.2. The first-order valence-electron chi connectivity index (χ1n) is 10.1. The second-order valence-electron chi connectivity index (χ2n) is 8.76. The zero-order valence-corrected chi connectivity index (χ0v) is 19.2. The lowest BCUT2D eigenvalue weighted by Gasteiger charge is -2.40. The van der Waals surface area contributed by atoms with Crippen molar-refractivity contribution in [3.8, 4) is 0 Å². The highest BCUT2D eigenvalue weighted by molar-refractivity contribution is 7.86. The predicted octanol–water partition coefficient (Wildman–Crippen LogP) is 3.50. The van der Waals surface area contributed by atoms with E-state index in [1.165, 1.54) is 12.1 Å². The molecule has 0 aromatic heterocycles. The van der Waals surface area contributed by atoms with Gasteiger partial charge in [-0.1, -0.05) is 35.4 Å². The third-order valence-corrected chi connectivity index (χ3v) is 8.04. The van der Waals surface area contributed by atoms with Gasteiger partial charge in [0.25, 0.3) is 20.2 Å². The molecule has 0 amide bonds. The molecule has 0 bridgehead atoms. The molecule has 0 heterocycles. The van der Waals surface area contributed by atoms with Crippen LogP contribution >= 0.6 is 0 Å². The summed E-state index contributed by atoms with van der Waals surface area (Å²) in [5.41, 5.74) is 2.05. The van der Waals surface area contributed by atoms with E-state index in [0.717, 1.165) is 11.1 Å². The Morgan fingerprint density at radius 1 is 0.806 bits per heavy atom. The fraction of sp³-hybridized carbons (Fsp3) is 0.455. The van der Waals surface area contributed by atoms with Crippen LogP contribution in [0.25, 0.3) is 0 Å². The van der Waals surface area contributed by atoms with Crippen LogP contribution in [-0.4, -0.2) is 37.2 Å². The van der Waals surface area contributed by atoms with Crippen LogP contribution in [0, 0.1) is 19.3 Å². The fourth-order valence-corrected chi connectivity index (χ4v) is 6.04. The Hall–Kier alpha value is -1.78. The van der Waals surface area contributed by atoms with Crippen LogP contribution in [0.1, 0.15) is 47.9 Å². The quantitative estimate of drug-likeness (QED) is 0.553. The molecule has 3 rings (SSSR count). The second-order valence-corrected chi connectivity index (χ2v) is 11.5. The third kappa shape index (κ3) is 5.72. The molecule has 170 valence electrons. The maximum atomic E-state index is 12.0. The van der Waals surface area contributed by atoms with E-state index in [4.69, 9.17) is 0 Å². The molecule has 7 nitrogen and oxygen atoms in total. The fourth-order valence-electron chi connectivity index (χ4n) is 4.64. The van der Waals surface area contributed by atoms with Crippen molar-refractivity contribution in [2.24, 2.45) is 5.41 Å². The van der Waals surface area contributed by atoms with Crippen LogP contribution in [0.15, 0.2) is 46.2 Å². The monoisotopic (exact) mass is 468 g/mol. The molecular formula is C22H28O7S2. The van der Waals surface area contributed by atoms with Gasteiger partial charge >= 0.3 is 0 Å². The summed E-state index contributed by atoms with van der Waals surface area (Å²) in [6, 6.07) is 9.41. The number of rotatable bonds is 6. The van der Waals surface area contributed by atoms with Gasteiger partial charge in [-0.2, -0.15) is 16.8 Å². The molecule has 0 atom stereocenters. The number of aryl methyl sites for hydroxylation is 2. The van der Waals surface area contributed by atoms with Crippen molar-refractivity contribution in [2.45, 2.75) is 68.3 Å². The number of hydrogen-bond donors (Lipinski definition) is 3. The Morgan fingerprint density at radius 3 is 1.55 bits per heavy atom. The number of aliphatic hydroxyl groups is 1. The largest absolute Gasteiger partial charge is 0.393 e. The SMILES string of the molecule is Cc1ccc(S(=O)(=O)O)c(CC2(Cc3cc(C)ccc3S(=O)(=O)O)CCC(O)CC2)c1. The van der Waals surface area contributed by atoms with Crippen LogP contribution in [0.3, 0.4) is 0 Å². The van der Waals surface area contributed by atoms with E-state index in [1.807, 2.05) is 13.8 Å². The van der Waals surface area contributed by atoms with Crippen molar-refractivity contribution in [2.75, 3.05) is 0 Å². The van der Waals surface area contributed by atoms with Crippen molar-refractivity contribution in [1.82, 2.24) is 0 Å². The van der Waals surface area contributed by atoms with Crippen LogP contribution in [0.4, 0.5) is 0 Å². The molecule has 2 aromatic rings. The molecule has 31 heavy (non-hydrogen) atoms. The molecule has 1 aliphatic carbocycles. The summed E-state index contributed by atoms with van der Waals surface area (Å²) >= 11 is 0. The molecule has 0 spiro atoms. The Labute approximate surface area is 183 Å². The van der Waals surface area contributed by atoms with Gasteiger partial charge in [-0.05, 0) is 81.0 Å². The smallest absolute Gasteiger partial charge is 0.294 e. The highest BCUT2D eigenvalue weighted by Gasteiger charge is 2.37. The van der Waals surface area contributed by atoms with Gasteiger partial charge < -0.3 is 5.11 Å². The summed E-state index contributed by atoms with van der Waals surface area (Å²) in [4.78, 5) is -0.328. The van der Waals surface area contributed by atoms with Crippen molar-refractivity contribution in [1.29, 1.82) is 0 Å². The first kappa shape index (κ1) is 23.9. The van der Waals surface area contributed by atoms with E-state index in [2.05, 4.69) is 0 Å². The second kappa shape index (κ2) is 8.63. The summed E-state index contributed by atoms with van der Waals surface area (Å²) in [5, 5.41) is 10.1. The minimum absolute atomic E-state index is 0.164. The Morgan fingerprint density at radius 2 is 1.19 bits per heavy atom. The van der Waals surface area contributed by atoms with E-state index < -0.39 is 31.8 Å². The predicted molar refractivity (Wildman–Crippen MR) is 116 cm³/mol. The summed E-state index contributed by atoms with van der Waals surface area (Å²) in [7, 11) is -8.87. The van der Waals surface area contributed by atoms with E-state index in [9.17, 15) is 31.0 Å². The lowest BCUT2D eigenvalue weighted by Crippen LogP contribution is -2.34. The Balaban J connectivity index is 2.10. The van der Waals surface area contributed by atoms with E-state index >= 15 is 0 Å². The number of hydrogen-bond acceptors (Lipinski definition) is 5. The lowest BCUT2D eigenvalue weighted by molar-refractivity contribution is 0.0614. The van der Waals surface area contributed by atoms with Gasteiger partial charge in [-0.25, -0.2) is 0 Å². The van der Waals surface area contributed by atoms with Crippen LogP contribution in [0.5, 0.6) is 0 Å². The first-order chi connectivity index (χ1) is 14.3. The minimum atomic E-state index is -4.43. The van der Waals surface area contributed by atoms with Gasteiger partial charge in [0.1, 0.15) is 0 Å². The van der Waals surface area contributed by atoms with Crippen molar-refractivity contribution in [3.05, 3.63) is 58.7 Å². The van der Waals surface area contributed by atoms with Gasteiger partial charge in [-0.3, -0.25) is 9.11 Å². The normalized spacial score (nSPS) is 17.6. The molecule has 2 aromatic carbocycles. The van der Waals surface area contributed by atoms with Gasteiger partial charge in [0.05, 0.1) is 15.9 Å². The maximum absolute atomic E-state index is 12.0. The maximum Gasteiger partial charge on any atom is 0.294 e. The first-order valence-corrected chi connectivity index (χ1v) is 13.0. The molecule has 0 saturated heterocycles. The average molecular weight is 469 g/mol. The van der Waals surface area contributed by atoms with Crippen LogP contribution < -0.4 is 0 Å². The molecule has 1 aliphatic rings. The van der Waals surface area contributed by atoms with Crippen molar-refractivity contribution in [3.63, 3.8) is 0 Å². The molecule has 1 saturated carbocycles. The van der Waals surface area contributed by atoms with Crippen LogP contribution in [0.2, 0.25) is 0 Å². The van der Waals surface area contributed by atoms with Gasteiger partial charge in [0, 0.05) is 0 Å².